The number of aryl methyl sites for hydroxylation is 1. The molecule has 6 heteroatoms. The SMILES string of the molecule is CC(C)c1ccc(S(=O)(=O)N(CCCc2ccncc2)C2CCNCC2)cc1. The van der Waals surface area contributed by atoms with E-state index in [1.165, 1.54) is 5.56 Å². The average Bonchev–Trinajstić information content (AvgIpc) is 2.72. The summed E-state index contributed by atoms with van der Waals surface area (Å²) in [6.07, 6.45) is 6.94. The van der Waals surface area contributed by atoms with Crippen LogP contribution in [-0.2, 0) is 16.4 Å². The maximum atomic E-state index is 13.5. The lowest BCUT2D eigenvalue weighted by atomic mass is 10.0. The molecule has 1 aromatic carbocycles. The Kier molecular flexibility index (Phi) is 7.21. The summed E-state index contributed by atoms with van der Waals surface area (Å²) in [5.74, 6) is 0.387. The van der Waals surface area contributed by atoms with Gasteiger partial charge in [-0.25, -0.2) is 8.42 Å². The Bertz CT molecular complexity index is 830. The molecule has 1 aliphatic heterocycles. The molecule has 1 N–H and O–H groups in total. The molecule has 1 aliphatic rings. The van der Waals surface area contributed by atoms with Crippen LogP contribution < -0.4 is 5.32 Å². The van der Waals surface area contributed by atoms with Crippen LogP contribution in [-0.4, -0.2) is 43.4 Å². The van der Waals surface area contributed by atoms with E-state index in [4.69, 9.17) is 0 Å². The van der Waals surface area contributed by atoms with E-state index in [9.17, 15) is 8.42 Å². The standard InChI is InChI=1S/C22H31N3O2S/c1-18(2)20-5-7-22(8-6-20)28(26,27)25(21-11-15-24-16-12-21)17-3-4-19-9-13-23-14-10-19/h5-10,13-14,18,21,24H,3-4,11-12,15-17H2,1-2H3. The van der Waals surface area contributed by atoms with Crippen LogP contribution >= 0.6 is 0 Å². The number of pyridine rings is 1. The minimum Gasteiger partial charge on any atom is -0.317 e. The lowest BCUT2D eigenvalue weighted by molar-refractivity contribution is 0.260. The number of nitrogens with one attached hydrogen (secondary N) is 1. The first-order valence-electron chi connectivity index (χ1n) is 10.2. The Morgan fingerprint density at radius 1 is 1.07 bits per heavy atom. The highest BCUT2D eigenvalue weighted by molar-refractivity contribution is 7.89. The first-order valence-corrected chi connectivity index (χ1v) is 11.6. The van der Waals surface area contributed by atoms with Gasteiger partial charge in [0.2, 0.25) is 10.0 Å². The molecule has 3 rings (SSSR count). The fraction of sp³-hybridized carbons (Fsp3) is 0.500. The van der Waals surface area contributed by atoms with Crippen LogP contribution in [0.1, 0.15) is 50.2 Å². The molecule has 1 saturated heterocycles. The van der Waals surface area contributed by atoms with E-state index in [0.29, 0.717) is 17.4 Å². The average molecular weight is 402 g/mol. The van der Waals surface area contributed by atoms with Crippen molar-refractivity contribution < 1.29 is 8.42 Å². The van der Waals surface area contributed by atoms with Crippen molar-refractivity contribution in [3.8, 4) is 0 Å². The lowest BCUT2D eigenvalue weighted by Crippen LogP contribution is -2.46. The fourth-order valence-electron chi connectivity index (χ4n) is 3.74. The number of aromatic nitrogens is 1. The first-order chi connectivity index (χ1) is 13.5. The summed E-state index contributed by atoms with van der Waals surface area (Å²) in [5, 5.41) is 3.33. The number of benzene rings is 1. The number of piperidine rings is 1. The monoisotopic (exact) mass is 401 g/mol. The summed E-state index contributed by atoms with van der Waals surface area (Å²) in [4.78, 5) is 4.45. The highest BCUT2D eigenvalue weighted by Gasteiger charge is 2.31. The Morgan fingerprint density at radius 2 is 1.71 bits per heavy atom. The van der Waals surface area contributed by atoms with Gasteiger partial charge in [0.15, 0.2) is 0 Å². The van der Waals surface area contributed by atoms with E-state index in [1.54, 1.807) is 28.8 Å². The summed E-state index contributed by atoms with van der Waals surface area (Å²) in [5.41, 5.74) is 2.35. The molecule has 5 nitrogen and oxygen atoms in total. The van der Waals surface area contributed by atoms with Crippen molar-refractivity contribution in [2.45, 2.75) is 56.4 Å². The van der Waals surface area contributed by atoms with Crippen molar-refractivity contribution in [2.24, 2.45) is 0 Å². The third-order valence-corrected chi connectivity index (χ3v) is 7.43. The van der Waals surface area contributed by atoms with Gasteiger partial charge >= 0.3 is 0 Å². The molecule has 0 unspecified atom stereocenters. The van der Waals surface area contributed by atoms with Crippen LogP contribution in [0.3, 0.4) is 0 Å². The zero-order chi connectivity index (χ0) is 20.0. The van der Waals surface area contributed by atoms with E-state index in [1.807, 2.05) is 24.3 Å². The minimum absolute atomic E-state index is 0.0634. The van der Waals surface area contributed by atoms with Crippen molar-refractivity contribution >= 4 is 10.0 Å². The molecule has 1 aromatic heterocycles. The van der Waals surface area contributed by atoms with E-state index >= 15 is 0 Å². The third-order valence-electron chi connectivity index (χ3n) is 5.46. The molecular formula is C22H31N3O2S. The Balaban J connectivity index is 1.78. The lowest BCUT2D eigenvalue weighted by Gasteiger charge is -2.34. The maximum Gasteiger partial charge on any atom is 0.243 e. The highest BCUT2D eigenvalue weighted by Crippen LogP contribution is 2.25. The van der Waals surface area contributed by atoms with E-state index < -0.39 is 10.0 Å². The molecule has 28 heavy (non-hydrogen) atoms. The van der Waals surface area contributed by atoms with Crippen molar-refractivity contribution in [2.75, 3.05) is 19.6 Å². The zero-order valence-corrected chi connectivity index (χ0v) is 17.7. The Hall–Kier alpha value is -1.76. The van der Waals surface area contributed by atoms with Crippen LogP contribution in [0.15, 0.2) is 53.7 Å². The molecule has 2 heterocycles. The third kappa shape index (κ3) is 5.19. The second-order valence-corrected chi connectivity index (χ2v) is 9.67. The molecule has 0 bridgehead atoms. The fourth-order valence-corrected chi connectivity index (χ4v) is 5.47. The molecule has 0 spiro atoms. The molecule has 2 aromatic rings. The van der Waals surface area contributed by atoms with Crippen LogP contribution in [0.5, 0.6) is 0 Å². The molecule has 152 valence electrons. The topological polar surface area (TPSA) is 62.3 Å². The van der Waals surface area contributed by atoms with Gasteiger partial charge in [0.05, 0.1) is 4.90 Å². The first kappa shape index (κ1) is 21.0. The second-order valence-electron chi connectivity index (χ2n) is 7.78. The van der Waals surface area contributed by atoms with Crippen LogP contribution in [0, 0.1) is 0 Å². The van der Waals surface area contributed by atoms with E-state index in [2.05, 4.69) is 24.1 Å². The van der Waals surface area contributed by atoms with Crippen LogP contribution in [0.25, 0.3) is 0 Å². The van der Waals surface area contributed by atoms with Gasteiger partial charge in [-0.05, 0) is 80.1 Å². The minimum atomic E-state index is -3.50. The van der Waals surface area contributed by atoms with Gasteiger partial charge in [0.25, 0.3) is 0 Å². The summed E-state index contributed by atoms with van der Waals surface area (Å²) >= 11 is 0. The van der Waals surface area contributed by atoms with Crippen LogP contribution in [0.2, 0.25) is 0 Å². The predicted molar refractivity (Wildman–Crippen MR) is 113 cm³/mol. The van der Waals surface area contributed by atoms with Gasteiger partial charge in [0, 0.05) is 25.0 Å². The van der Waals surface area contributed by atoms with Crippen molar-refractivity contribution in [3.63, 3.8) is 0 Å². The summed E-state index contributed by atoms with van der Waals surface area (Å²) in [6, 6.07) is 11.5. The number of hydrogen-bond donors (Lipinski definition) is 1. The molecular weight excluding hydrogens is 370 g/mol. The smallest absolute Gasteiger partial charge is 0.243 e. The normalized spacial score (nSPS) is 16.0. The second kappa shape index (κ2) is 9.63. The summed E-state index contributed by atoms with van der Waals surface area (Å²) < 4.78 is 28.7. The van der Waals surface area contributed by atoms with Gasteiger partial charge in [-0.3, -0.25) is 4.98 Å². The van der Waals surface area contributed by atoms with Gasteiger partial charge in [0.1, 0.15) is 0 Å². The Morgan fingerprint density at radius 3 is 2.32 bits per heavy atom. The van der Waals surface area contributed by atoms with Crippen molar-refractivity contribution in [1.29, 1.82) is 0 Å². The molecule has 0 radical (unpaired) electrons. The number of nitrogens with zero attached hydrogens (tertiary/aromatic N) is 2. The van der Waals surface area contributed by atoms with Gasteiger partial charge in [-0.15, -0.1) is 0 Å². The molecule has 1 fully saturated rings. The van der Waals surface area contributed by atoms with Gasteiger partial charge < -0.3 is 5.32 Å². The van der Waals surface area contributed by atoms with Crippen molar-refractivity contribution in [1.82, 2.24) is 14.6 Å². The number of sulfonamides is 1. The van der Waals surface area contributed by atoms with Crippen LogP contribution in [0.4, 0.5) is 0 Å². The van der Waals surface area contributed by atoms with Gasteiger partial charge in [-0.2, -0.15) is 4.31 Å². The predicted octanol–water partition coefficient (Wildman–Crippen LogP) is 3.58. The molecule has 0 amide bonds. The Labute approximate surface area is 169 Å². The maximum absolute atomic E-state index is 13.5. The number of hydrogen-bond acceptors (Lipinski definition) is 4. The summed E-state index contributed by atoms with van der Waals surface area (Å²) in [6.45, 7) is 6.51. The van der Waals surface area contributed by atoms with E-state index in [-0.39, 0.29) is 6.04 Å². The molecule has 0 atom stereocenters. The molecule has 0 saturated carbocycles. The molecule has 0 aliphatic carbocycles. The summed E-state index contributed by atoms with van der Waals surface area (Å²) in [7, 11) is -3.50. The van der Waals surface area contributed by atoms with E-state index in [0.717, 1.165) is 44.3 Å². The highest BCUT2D eigenvalue weighted by atomic mass is 32.2. The quantitative estimate of drug-likeness (QED) is 0.734. The zero-order valence-electron chi connectivity index (χ0n) is 16.8. The number of rotatable bonds is 8. The largest absolute Gasteiger partial charge is 0.317 e. The van der Waals surface area contributed by atoms with Crippen molar-refractivity contribution in [3.05, 3.63) is 59.9 Å². The van der Waals surface area contributed by atoms with Gasteiger partial charge in [-0.1, -0.05) is 26.0 Å².